The van der Waals surface area contributed by atoms with Crippen molar-refractivity contribution >= 4 is 11.6 Å². The normalized spacial score (nSPS) is 11.5. The molecule has 1 aromatic carbocycles. The molecule has 0 aliphatic rings. The Morgan fingerprint density at radius 1 is 1.09 bits per heavy atom. The topological polar surface area (TPSA) is 91.9 Å². The second-order valence-electron chi connectivity index (χ2n) is 6.84. The van der Waals surface area contributed by atoms with E-state index in [1.54, 1.807) is 23.0 Å². The number of rotatable bonds is 6. The summed E-state index contributed by atoms with van der Waals surface area (Å²) in [6.45, 7) is 1.85. The van der Waals surface area contributed by atoms with Gasteiger partial charge < -0.3 is 19.4 Å². The first-order valence-electron chi connectivity index (χ1n) is 9.42. The van der Waals surface area contributed by atoms with Crippen molar-refractivity contribution in [3.8, 4) is 28.8 Å². The van der Waals surface area contributed by atoms with Gasteiger partial charge in [0.2, 0.25) is 17.7 Å². The summed E-state index contributed by atoms with van der Waals surface area (Å²) in [5, 5.41) is 6.86. The molecule has 0 fully saturated rings. The Balaban J connectivity index is 1.62. The van der Waals surface area contributed by atoms with E-state index >= 15 is 0 Å². The van der Waals surface area contributed by atoms with Crippen LogP contribution in [-0.4, -0.2) is 42.8 Å². The number of hydrogen-bond donors (Lipinski definition) is 1. The highest BCUT2D eigenvalue weighted by Gasteiger charge is 2.31. The molecule has 0 aliphatic heterocycles. The van der Waals surface area contributed by atoms with E-state index in [-0.39, 0.29) is 17.5 Å². The summed E-state index contributed by atoms with van der Waals surface area (Å²) < 4.78 is 63.8. The molecule has 0 spiro atoms. The van der Waals surface area contributed by atoms with Crippen molar-refractivity contribution in [2.24, 2.45) is 7.05 Å². The van der Waals surface area contributed by atoms with E-state index in [2.05, 4.69) is 30.1 Å². The van der Waals surface area contributed by atoms with E-state index in [4.69, 9.17) is 4.74 Å². The van der Waals surface area contributed by atoms with Crippen LogP contribution in [0.4, 0.5) is 29.2 Å². The first-order valence-corrected chi connectivity index (χ1v) is 9.42. The Morgan fingerprint density at radius 2 is 1.88 bits per heavy atom. The molecule has 172 valence electrons. The minimum atomic E-state index is -4.90. The molecule has 0 amide bonds. The first kappa shape index (κ1) is 22.0. The molecule has 0 saturated carbocycles. The van der Waals surface area contributed by atoms with Crippen LogP contribution in [-0.2, 0) is 7.05 Å². The van der Waals surface area contributed by atoms with Gasteiger partial charge in [-0.15, -0.1) is 18.3 Å². The smallest absolute Gasteiger partial charge is 0.479 e. The lowest BCUT2D eigenvalue weighted by molar-refractivity contribution is -0.274. The van der Waals surface area contributed by atoms with Crippen molar-refractivity contribution in [2.75, 3.05) is 12.4 Å². The standard InChI is InChI=1S/C20H17F4N7O2/c1-11-9-31(10-25-11)16-7-6-14(26-18(16)32-3)17-28-19(30(2)29-17)27-15-8-12(4-5-13(15)21)33-20(22,23)24/h4-10H,1-3H3,(H,27,28,29). The zero-order chi connectivity index (χ0) is 23.8. The maximum atomic E-state index is 14.2. The van der Waals surface area contributed by atoms with Crippen molar-refractivity contribution in [1.82, 2.24) is 29.3 Å². The summed E-state index contributed by atoms with van der Waals surface area (Å²) >= 11 is 0. The maximum absolute atomic E-state index is 14.2. The molecule has 13 heteroatoms. The third kappa shape index (κ3) is 4.86. The number of halogens is 4. The Morgan fingerprint density at radius 3 is 2.55 bits per heavy atom. The van der Waals surface area contributed by atoms with Gasteiger partial charge in [-0.05, 0) is 31.2 Å². The summed E-state index contributed by atoms with van der Waals surface area (Å²) in [5.41, 5.74) is 1.57. The molecule has 9 nitrogen and oxygen atoms in total. The van der Waals surface area contributed by atoms with Gasteiger partial charge in [-0.1, -0.05) is 0 Å². The van der Waals surface area contributed by atoms with E-state index in [1.165, 1.54) is 18.8 Å². The highest BCUT2D eigenvalue weighted by Crippen LogP contribution is 2.30. The highest BCUT2D eigenvalue weighted by molar-refractivity contribution is 5.61. The Kier molecular flexibility index (Phi) is 5.62. The maximum Gasteiger partial charge on any atom is 0.573 e. The van der Waals surface area contributed by atoms with E-state index in [0.29, 0.717) is 17.3 Å². The Labute approximate surface area is 184 Å². The first-order chi connectivity index (χ1) is 15.6. The van der Waals surface area contributed by atoms with Gasteiger partial charge in [0.15, 0.2) is 0 Å². The second kappa shape index (κ2) is 8.41. The molecule has 4 aromatic rings. The highest BCUT2D eigenvalue weighted by atomic mass is 19.4. The van der Waals surface area contributed by atoms with Gasteiger partial charge in [0, 0.05) is 19.3 Å². The van der Waals surface area contributed by atoms with Crippen molar-refractivity contribution in [1.29, 1.82) is 0 Å². The van der Waals surface area contributed by atoms with Crippen LogP contribution in [0.3, 0.4) is 0 Å². The predicted molar refractivity (Wildman–Crippen MR) is 109 cm³/mol. The molecule has 0 radical (unpaired) electrons. The quantitative estimate of drug-likeness (QED) is 0.429. The van der Waals surface area contributed by atoms with Crippen LogP contribution in [0.5, 0.6) is 11.6 Å². The molecule has 1 N–H and O–H groups in total. The fraction of sp³-hybridized carbons (Fsp3) is 0.200. The van der Waals surface area contributed by atoms with E-state index in [1.807, 2.05) is 13.1 Å². The van der Waals surface area contributed by atoms with Gasteiger partial charge in [0.25, 0.3) is 0 Å². The average Bonchev–Trinajstić information content (AvgIpc) is 3.34. The Bertz CT molecular complexity index is 1300. The van der Waals surface area contributed by atoms with Crippen molar-refractivity contribution < 1.29 is 27.0 Å². The van der Waals surface area contributed by atoms with Gasteiger partial charge in [0.05, 0.1) is 24.8 Å². The third-order valence-corrected chi connectivity index (χ3v) is 4.43. The number of nitrogens with one attached hydrogen (secondary N) is 1. The molecular formula is C20H17F4N7O2. The minimum absolute atomic E-state index is 0.0723. The third-order valence-electron chi connectivity index (χ3n) is 4.43. The van der Waals surface area contributed by atoms with E-state index < -0.39 is 17.9 Å². The fourth-order valence-electron chi connectivity index (χ4n) is 2.98. The predicted octanol–water partition coefficient (Wildman–Crippen LogP) is 4.16. The SMILES string of the molecule is COc1nc(-c2nc(Nc3cc(OC(F)(F)F)ccc3F)n(C)n2)ccc1-n1cnc(C)c1. The van der Waals surface area contributed by atoms with Gasteiger partial charge in [0.1, 0.15) is 22.9 Å². The lowest BCUT2D eigenvalue weighted by Gasteiger charge is -2.11. The van der Waals surface area contributed by atoms with Crippen LogP contribution < -0.4 is 14.8 Å². The monoisotopic (exact) mass is 463 g/mol. The van der Waals surface area contributed by atoms with Gasteiger partial charge in [-0.3, -0.25) is 0 Å². The van der Waals surface area contributed by atoms with Crippen LogP contribution in [0.15, 0.2) is 42.9 Å². The molecular weight excluding hydrogens is 446 g/mol. The van der Waals surface area contributed by atoms with Crippen molar-refractivity contribution in [3.63, 3.8) is 0 Å². The lowest BCUT2D eigenvalue weighted by Crippen LogP contribution is -2.17. The number of anilines is 2. The van der Waals surface area contributed by atoms with Crippen LogP contribution >= 0.6 is 0 Å². The molecule has 3 heterocycles. The van der Waals surface area contributed by atoms with Gasteiger partial charge >= 0.3 is 6.36 Å². The van der Waals surface area contributed by atoms with Gasteiger partial charge in [-0.2, -0.15) is 4.98 Å². The number of aromatic nitrogens is 6. The second-order valence-corrected chi connectivity index (χ2v) is 6.84. The molecule has 0 unspecified atom stereocenters. The molecule has 4 rings (SSSR count). The zero-order valence-electron chi connectivity index (χ0n) is 17.6. The van der Waals surface area contributed by atoms with E-state index in [0.717, 1.165) is 23.9 Å². The van der Waals surface area contributed by atoms with Crippen LogP contribution in [0.1, 0.15) is 5.69 Å². The summed E-state index contributed by atoms with van der Waals surface area (Å²) in [5.74, 6) is -0.813. The number of imidazole rings is 1. The molecule has 3 aromatic heterocycles. The number of nitrogens with zero attached hydrogens (tertiary/aromatic N) is 6. The summed E-state index contributed by atoms with van der Waals surface area (Å²) in [6.07, 6.45) is -1.47. The van der Waals surface area contributed by atoms with Crippen LogP contribution in [0.2, 0.25) is 0 Å². The van der Waals surface area contributed by atoms with Gasteiger partial charge in [-0.25, -0.2) is 19.0 Å². The number of benzene rings is 1. The fourth-order valence-corrected chi connectivity index (χ4v) is 2.98. The number of ether oxygens (including phenoxy) is 2. The van der Waals surface area contributed by atoms with Crippen molar-refractivity contribution in [3.05, 3.63) is 54.4 Å². The summed E-state index contributed by atoms with van der Waals surface area (Å²) in [7, 11) is 3.00. The number of methoxy groups -OCH3 is 1. The molecule has 0 atom stereocenters. The molecule has 0 aliphatic carbocycles. The number of alkyl halides is 3. The molecule has 0 bridgehead atoms. The lowest BCUT2D eigenvalue weighted by atomic mass is 10.3. The molecule has 33 heavy (non-hydrogen) atoms. The number of aryl methyl sites for hydroxylation is 2. The molecule has 0 saturated heterocycles. The summed E-state index contributed by atoms with van der Waals surface area (Å²) in [4.78, 5) is 12.9. The Hall–Kier alpha value is -4.16. The minimum Gasteiger partial charge on any atom is -0.479 e. The van der Waals surface area contributed by atoms with Crippen molar-refractivity contribution in [2.45, 2.75) is 13.3 Å². The van der Waals surface area contributed by atoms with Crippen LogP contribution in [0.25, 0.3) is 17.2 Å². The zero-order valence-corrected chi connectivity index (χ0v) is 17.6. The number of hydrogen-bond acceptors (Lipinski definition) is 7. The van der Waals surface area contributed by atoms with Crippen LogP contribution in [0, 0.1) is 12.7 Å². The number of pyridine rings is 1. The average molecular weight is 463 g/mol. The summed E-state index contributed by atoms with van der Waals surface area (Å²) in [6, 6.07) is 6.02. The van der Waals surface area contributed by atoms with E-state index in [9.17, 15) is 17.6 Å². The largest absolute Gasteiger partial charge is 0.573 e.